The maximum atomic E-state index is 9.07. The van der Waals surface area contributed by atoms with Crippen LogP contribution in [0.15, 0.2) is 18.2 Å². The largest absolute Gasteiger partial charge is 0.395 e. The van der Waals surface area contributed by atoms with E-state index in [0.717, 1.165) is 45.7 Å². The molecule has 0 aromatic heterocycles. The van der Waals surface area contributed by atoms with Crippen LogP contribution in [-0.2, 0) is 6.54 Å². The first-order valence-corrected chi connectivity index (χ1v) is 7.57. The zero-order valence-electron chi connectivity index (χ0n) is 12.7. The van der Waals surface area contributed by atoms with Gasteiger partial charge in [-0.15, -0.1) is 0 Å². The van der Waals surface area contributed by atoms with Gasteiger partial charge in [-0.2, -0.15) is 0 Å². The maximum Gasteiger partial charge on any atom is 0.0558 e. The lowest BCUT2D eigenvalue weighted by atomic mass is 10.1. The molecule has 0 atom stereocenters. The van der Waals surface area contributed by atoms with E-state index in [4.69, 9.17) is 5.11 Å². The second kappa shape index (κ2) is 7.62. The second-order valence-electron chi connectivity index (χ2n) is 5.57. The van der Waals surface area contributed by atoms with Crippen molar-refractivity contribution in [3.8, 4) is 0 Å². The van der Waals surface area contributed by atoms with Crippen LogP contribution in [0.3, 0.4) is 0 Å². The van der Waals surface area contributed by atoms with Crippen LogP contribution in [0.5, 0.6) is 0 Å². The van der Waals surface area contributed by atoms with Gasteiger partial charge in [-0.25, -0.2) is 0 Å². The van der Waals surface area contributed by atoms with Gasteiger partial charge in [0.25, 0.3) is 0 Å². The van der Waals surface area contributed by atoms with E-state index in [9.17, 15) is 0 Å². The number of nitrogens with one attached hydrogen (secondary N) is 1. The number of β-amino-alcohol motifs (C(OH)–C–C–N with tert-alkyl or cyclic N) is 1. The zero-order valence-corrected chi connectivity index (χ0v) is 12.7. The van der Waals surface area contributed by atoms with Gasteiger partial charge in [0.05, 0.1) is 6.61 Å². The van der Waals surface area contributed by atoms with Crippen LogP contribution >= 0.6 is 0 Å². The average Bonchev–Trinajstić information content (AvgIpc) is 2.66. The van der Waals surface area contributed by atoms with E-state index >= 15 is 0 Å². The molecule has 1 heterocycles. The first-order chi connectivity index (χ1) is 9.74. The standard InChI is InChI=1S/C16H27N3O/c1-14-4-5-16(15(12-14)13-17-2)19-7-3-6-18(8-9-19)10-11-20/h4-5,12,17,20H,3,6-11,13H2,1-2H3. The van der Waals surface area contributed by atoms with Crippen molar-refractivity contribution in [2.75, 3.05) is 51.3 Å². The molecule has 20 heavy (non-hydrogen) atoms. The van der Waals surface area contributed by atoms with Gasteiger partial charge in [0.15, 0.2) is 0 Å². The molecule has 1 fully saturated rings. The summed E-state index contributed by atoms with van der Waals surface area (Å²) >= 11 is 0. The molecular formula is C16H27N3O. The highest BCUT2D eigenvalue weighted by atomic mass is 16.3. The summed E-state index contributed by atoms with van der Waals surface area (Å²) in [5.41, 5.74) is 4.05. The Labute approximate surface area is 122 Å². The maximum absolute atomic E-state index is 9.07. The number of rotatable bonds is 5. The normalized spacial score (nSPS) is 17.2. The Morgan fingerprint density at radius 2 is 2.05 bits per heavy atom. The highest BCUT2D eigenvalue weighted by Gasteiger charge is 2.16. The lowest BCUT2D eigenvalue weighted by molar-refractivity contribution is 0.204. The quantitative estimate of drug-likeness (QED) is 0.849. The van der Waals surface area contributed by atoms with Crippen molar-refractivity contribution in [1.29, 1.82) is 0 Å². The third kappa shape index (κ3) is 3.95. The highest BCUT2D eigenvalue weighted by molar-refractivity contribution is 5.55. The van der Waals surface area contributed by atoms with Crippen LogP contribution in [0.25, 0.3) is 0 Å². The predicted octanol–water partition coefficient (Wildman–Crippen LogP) is 1.22. The number of aliphatic hydroxyl groups is 1. The Kier molecular flexibility index (Phi) is 5.83. The van der Waals surface area contributed by atoms with Crippen LogP contribution in [-0.4, -0.2) is 56.4 Å². The van der Waals surface area contributed by atoms with Crippen LogP contribution in [0.4, 0.5) is 5.69 Å². The molecule has 0 spiro atoms. The van der Waals surface area contributed by atoms with Crippen LogP contribution in [0.2, 0.25) is 0 Å². The lowest BCUT2D eigenvalue weighted by Crippen LogP contribution is -2.33. The topological polar surface area (TPSA) is 38.7 Å². The van der Waals surface area contributed by atoms with Crippen LogP contribution < -0.4 is 10.2 Å². The number of benzene rings is 1. The third-order valence-electron chi connectivity index (χ3n) is 3.95. The lowest BCUT2D eigenvalue weighted by Gasteiger charge is -2.26. The number of aliphatic hydroxyl groups excluding tert-OH is 1. The monoisotopic (exact) mass is 277 g/mol. The fraction of sp³-hybridized carbons (Fsp3) is 0.625. The number of anilines is 1. The summed E-state index contributed by atoms with van der Waals surface area (Å²) in [6.45, 7) is 8.38. The van der Waals surface area contributed by atoms with E-state index in [0.29, 0.717) is 0 Å². The summed E-state index contributed by atoms with van der Waals surface area (Å²) in [7, 11) is 2.00. The van der Waals surface area contributed by atoms with Gasteiger partial charge in [0, 0.05) is 38.4 Å². The molecule has 1 saturated heterocycles. The van der Waals surface area contributed by atoms with Crippen molar-refractivity contribution in [2.24, 2.45) is 0 Å². The van der Waals surface area contributed by atoms with Crippen molar-refractivity contribution in [1.82, 2.24) is 10.2 Å². The molecule has 112 valence electrons. The Bertz CT molecular complexity index is 422. The molecule has 0 aliphatic carbocycles. The van der Waals surface area contributed by atoms with E-state index in [1.54, 1.807) is 0 Å². The minimum Gasteiger partial charge on any atom is -0.395 e. The van der Waals surface area contributed by atoms with Gasteiger partial charge in [-0.05, 0) is 38.6 Å². The van der Waals surface area contributed by atoms with Gasteiger partial charge < -0.3 is 15.3 Å². The summed E-state index contributed by atoms with van der Waals surface area (Å²) in [5, 5.41) is 12.3. The fourth-order valence-corrected chi connectivity index (χ4v) is 2.93. The Morgan fingerprint density at radius 1 is 1.20 bits per heavy atom. The molecule has 1 aromatic carbocycles. The van der Waals surface area contributed by atoms with Crippen LogP contribution in [0.1, 0.15) is 17.5 Å². The first-order valence-electron chi connectivity index (χ1n) is 7.57. The minimum absolute atomic E-state index is 0.259. The SMILES string of the molecule is CNCc1cc(C)ccc1N1CCCN(CCO)CC1. The van der Waals surface area contributed by atoms with Gasteiger partial charge in [0.1, 0.15) is 0 Å². The van der Waals surface area contributed by atoms with Crippen LogP contribution in [0, 0.1) is 6.92 Å². The Hall–Kier alpha value is -1.10. The summed E-state index contributed by atoms with van der Waals surface area (Å²) in [6.07, 6.45) is 1.16. The molecule has 0 amide bonds. The molecule has 0 bridgehead atoms. The smallest absolute Gasteiger partial charge is 0.0558 e. The third-order valence-corrected chi connectivity index (χ3v) is 3.95. The van der Waals surface area contributed by atoms with Crippen molar-refractivity contribution in [3.63, 3.8) is 0 Å². The highest BCUT2D eigenvalue weighted by Crippen LogP contribution is 2.23. The van der Waals surface area contributed by atoms with E-state index in [1.807, 2.05) is 7.05 Å². The van der Waals surface area contributed by atoms with E-state index in [2.05, 4.69) is 40.2 Å². The van der Waals surface area contributed by atoms with E-state index < -0.39 is 0 Å². The number of hydrogen-bond acceptors (Lipinski definition) is 4. The van der Waals surface area contributed by atoms with E-state index in [-0.39, 0.29) is 6.61 Å². The van der Waals surface area contributed by atoms with E-state index in [1.165, 1.54) is 16.8 Å². The number of hydrogen-bond donors (Lipinski definition) is 2. The predicted molar refractivity (Wildman–Crippen MR) is 84.3 cm³/mol. The van der Waals surface area contributed by atoms with Gasteiger partial charge in [0.2, 0.25) is 0 Å². The molecule has 4 heteroatoms. The van der Waals surface area contributed by atoms with Gasteiger partial charge >= 0.3 is 0 Å². The fourth-order valence-electron chi connectivity index (χ4n) is 2.93. The minimum atomic E-state index is 0.259. The molecule has 2 rings (SSSR count). The molecule has 2 N–H and O–H groups in total. The molecule has 1 aliphatic rings. The Balaban J connectivity index is 2.10. The summed E-state index contributed by atoms with van der Waals surface area (Å²) in [4.78, 5) is 4.84. The van der Waals surface area contributed by atoms with Gasteiger partial charge in [-0.3, -0.25) is 4.90 Å². The molecule has 0 radical (unpaired) electrons. The molecule has 0 unspecified atom stereocenters. The molecular weight excluding hydrogens is 250 g/mol. The van der Waals surface area contributed by atoms with Crippen molar-refractivity contribution in [3.05, 3.63) is 29.3 Å². The molecule has 4 nitrogen and oxygen atoms in total. The Morgan fingerprint density at radius 3 is 2.80 bits per heavy atom. The van der Waals surface area contributed by atoms with Crippen molar-refractivity contribution in [2.45, 2.75) is 19.9 Å². The summed E-state index contributed by atoms with van der Waals surface area (Å²) in [6, 6.07) is 6.73. The molecule has 1 aromatic rings. The number of nitrogens with zero attached hydrogens (tertiary/aromatic N) is 2. The second-order valence-corrected chi connectivity index (χ2v) is 5.57. The van der Waals surface area contributed by atoms with Crippen molar-refractivity contribution >= 4 is 5.69 Å². The summed E-state index contributed by atoms with van der Waals surface area (Å²) < 4.78 is 0. The number of aryl methyl sites for hydroxylation is 1. The zero-order chi connectivity index (χ0) is 14.4. The summed E-state index contributed by atoms with van der Waals surface area (Å²) in [5.74, 6) is 0. The molecule has 1 aliphatic heterocycles. The van der Waals surface area contributed by atoms with Crippen molar-refractivity contribution < 1.29 is 5.11 Å². The molecule has 0 saturated carbocycles. The first kappa shape index (κ1) is 15.3. The van der Waals surface area contributed by atoms with Gasteiger partial charge in [-0.1, -0.05) is 17.7 Å². The average molecular weight is 277 g/mol.